The number of benzene rings is 1. The van der Waals surface area contributed by atoms with Crippen molar-refractivity contribution in [2.45, 2.75) is 26.3 Å². The molecule has 1 aromatic rings. The zero-order chi connectivity index (χ0) is 15.9. The zero-order valence-corrected chi connectivity index (χ0v) is 12.2. The summed E-state index contributed by atoms with van der Waals surface area (Å²) < 4.78 is 9.85. The number of hydrogen-bond acceptors (Lipinski definition) is 4. The molecule has 2 N–H and O–H groups in total. The van der Waals surface area contributed by atoms with Gasteiger partial charge in [-0.25, -0.2) is 9.59 Å². The topological polar surface area (TPSA) is 76.7 Å². The number of terminal acetylenes is 1. The quantitative estimate of drug-likeness (QED) is 0.836. The van der Waals surface area contributed by atoms with E-state index in [1.165, 1.54) is 6.07 Å². The monoisotopic (exact) mass is 290 g/mol. The van der Waals surface area contributed by atoms with Crippen molar-refractivity contribution in [2.75, 3.05) is 11.9 Å². The molecule has 6 nitrogen and oxygen atoms in total. The lowest BCUT2D eigenvalue weighted by Crippen LogP contribution is -2.43. The van der Waals surface area contributed by atoms with Crippen LogP contribution in [0.2, 0.25) is 0 Å². The van der Waals surface area contributed by atoms with Gasteiger partial charge in [0.25, 0.3) is 0 Å². The van der Waals surface area contributed by atoms with Crippen molar-refractivity contribution in [3.05, 3.63) is 24.3 Å². The van der Waals surface area contributed by atoms with Crippen LogP contribution in [0.25, 0.3) is 0 Å². The van der Waals surface area contributed by atoms with Crippen LogP contribution in [0.5, 0.6) is 5.75 Å². The third-order valence-corrected chi connectivity index (χ3v) is 2.34. The van der Waals surface area contributed by atoms with Crippen molar-refractivity contribution in [1.82, 2.24) is 5.32 Å². The first kappa shape index (κ1) is 16.4. The Morgan fingerprint density at radius 2 is 2.05 bits per heavy atom. The van der Waals surface area contributed by atoms with E-state index in [2.05, 4.69) is 16.6 Å². The molecule has 0 aliphatic heterocycles. The molecule has 0 spiro atoms. The molecule has 0 aromatic heterocycles. The molecule has 0 bridgehead atoms. The van der Waals surface area contributed by atoms with Crippen LogP contribution in [0.3, 0.4) is 0 Å². The minimum absolute atomic E-state index is 0.269. The molecule has 0 aliphatic rings. The van der Waals surface area contributed by atoms with Crippen LogP contribution < -0.4 is 15.4 Å². The Morgan fingerprint density at radius 1 is 1.33 bits per heavy atom. The van der Waals surface area contributed by atoms with Gasteiger partial charge in [0.1, 0.15) is 5.75 Å². The molecule has 0 unspecified atom stereocenters. The highest BCUT2D eigenvalue weighted by Crippen LogP contribution is 2.18. The van der Waals surface area contributed by atoms with E-state index in [0.717, 1.165) is 0 Å². The fourth-order valence-electron chi connectivity index (χ4n) is 1.35. The van der Waals surface area contributed by atoms with Gasteiger partial charge in [-0.3, -0.25) is 5.32 Å². The van der Waals surface area contributed by atoms with Crippen molar-refractivity contribution in [1.29, 1.82) is 0 Å². The van der Waals surface area contributed by atoms with Gasteiger partial charge in [-0.2, -0.15) is 0 Å². The standard InChI is InChI=1S/C15H18N2O4/c1-5-15(3,4)17-14(19)21-12-9-7-8-11(10-12)16-13(18)20-6-2/h1,7-10H,6H2,2-4H3,(H,16,18)(H,17,19). The Morgan fingerprint density at radius 3 is 2.67 bits per heavy atom. The lowest BCUT2D eigenvalue weighted by Gasteiger charge is -2.19. The highest BCUT2D eigenvalue weighted by Gasteiger charge is 2.18. The summed E-state index contributed by atoms with van der Waals surface area (Å²) >= 11 is 0. The van der Waals surface area contributed by atoms with Crippen LogP contribution in [-0.2, 0) is 4.74 Å². The maximum absolute atomic E-state index is 11.7. The Balaban J connectivity index is 2.67. The van der Waals surface area contributed by atoms with Crippen LogP contribution in [-0.4, -0.2) is 24.3 Å². The summed E-state index contributed by atoms with van der Waals surface area (Å²) in [5.41, 5.74) is -0.354. The van der Waals surface area contributed by atoms with E-state index < -0.39 is 17.7 Å². The average molecular weight is 290 g/mol. The molecule has 0 atom stereocenters. The summed E-state index contributed by atoms with van der Waals surface area (Å²) in [7, 11) is 0. The van der Waals surface area contributed by atoms with Crippen molar-refractivity contribution >= 4 is 17.9 Å². The summed E-state index contributed by atoms with van der Waals surface area (Å²) in [6, 6.07) is 6.36. The molecule has 0 saturated heterocycles. The smallest absolute Gasteiger partial charge is 0.413 e. The number of amides is 2. The van der Waals surface area contributed by atoms with Crippen molar-refractivity contribution in [3.8, 4) is 18.1 Å². The third kappa shape index (κ3) is 5.87. The van der Waals surface area contributed by atoms with Gasteiger partial charge < -0.3 is 14.8 Å². The summed E-state index contributed by atoms with van der Waals surface area (Å²) in [4.78, 5) is 23.0. The van der Waals surface area contributed by atoms with E-state index in [0.29, 0.717) is 5.69 Å². The Bertz CT molecular complexity index is 561. The van der Waals surface area contributed by atoms with E-state index in [1.54, 1.807) is 39.0 Å². The predicted octanol–water partition coefficient (Wildman–Crippen LogP) is 2.76. The minimum Gasteiger partial charge on any atom is -0.450 e. The molecule has 21 heavy (non-hydrogen) atoms. The predicted molar refractivity (Wildman–Crippen MR) is 79.2 cm³/mol. The normalized spacial score (nSPS) is 10.2. The summed E-state index contributed by atoms with van der Waals surface area (Å²) in [5, 5.41) is 5.04. The van der Waals surface area contributed by atoms with Crippen molar-refractivity contribution in [2.24, 2.45) is 0 Å². The molecule has 1 rings (SSSR count). The second kappa shape index (κ2) is 7.20. The largest absolute Gasteiger partial charge is 0.450 e. The second-order valence-corrected chi connectivity index (χ2v) is 4.66. The van der Waals surface area contributed by atoms with Gasteiger partial charge in [-0.05, 0) is 32.9 Å². The third-order valence-electron chi connectivity index (χ3n) is 2.34. The number of rotatable bonds is 4. The van der Waals surface area contributed by atoms with E-state index >= 15 is 0 Å². The molecular formula is C15H18N2O4. The Hall–Kier alpha value is -2.68. The maximum atomic E-state index is 11.7. The number of ether oxygens (including phenoxy) is 2. The average Bonchev–Trinajstić information content (AvgIpc) is 2.38. The summed E-state index contributed by atoms with van der Waals surface area (Å²) in [6.45, 7) is 5.32. The van der Waals surface area contributed by atoms with Gasteiger partial charge in [0.15, 0.2) is 0 Å². The minimum atomic E-state index is -0.808. The van der Waals surface area contributed by atoms with Crippen molar-refractivity contribution < 1.29 is 19.1 Å². The number of carbonyl (C=O) groups excluding carboxylic acids is 2. The second-order valence-electron chi connectivity index (χ2n) is 4.66. The van der Waals surface area contributed by atoms with Gasteiger partial charge >= 0.3 is 12.2 Å². The Labute approximate surface area is 123 Å². The van der Waals surface area contributed by atoms with Crippen LogP contribution >= 0.6 is 0 Å². The van der Waals surface area contributed by atoms with E-state index in [4.69, 9.17) is 15.9 Å². The number of anilines is 1. The highest BCUT2D eigenvalue weighted by molar-refractivity contribution is 5.85. The van der Waals surface area contributed by atoms with Gasteiger partial charge in [0.05, 0.1) is 12.1 Å². The van der Waals surface area contributed by atoms with E-state index in [1.807, 2.05) is 0 Å². The number of nitrogens with one attached hydrogen (secondary N) is 2. The van der Waals surface area contributed by atoms with Crippen LogP contribution in [0.1, 0.15) is 20.8 Å². The van der Waals surface area contributed by atoms with Crippen LogP contribution in [0, 0.1) is 12.3 Å². The molecule has 6 heteroatoms. The van der Waals surface area contributed by atoms with E-state index in [-0.39, 0.29) is 12.4 Å². The van der Waals surface area contributed by atoms with Gasteiger partial charge in [-0.1, -0.05) is 12.0 Å². The van der Waals surface area contributed by atoms with Gasteiger partial charge in [0, 0.05) is 11.8 Å². The molecule has 1 aromatic carbocycles. The maximum Gasteiger partial charge on any atom is 0.413 e. The SMILES string of the molecule is C#CC(C)(C)NC(=O)Oc1cccc(NC(=O)OCC)c1. The highest BCUT2D eigenvalue weighted by atomic mass is 16.6. The molecule has 2 amide bonds. The van der Waals surface area contributed by atoms with Crippen LogP contribution in [0.15, 0.2) is 24.3 Å². The molecule has 0 radical (unpaired) electrons. The number of hydrogen-bond donors (Lipinski definition) is 2. The first-order chi connectivity index (χ1) is 9.86. The first-order valence-electron chi connectivity index (χ1n) is 6.38. The summed E-state index contributed by atoms with van der Waals surface area (Å²) in [6.07, 6.45) is 4.02. The Kier molecular flexibility index (Phi) is 5.61. The fourth-order valence-corrected chi connectivity index (χ4v) is 1.35. The first-order valence-corrected chi connectivity index (χ1v) is 6.38. The molecule has 0 aliphatic carbocycles. The summed E-state index contributed by atoms with van der Waals surface area (Å²) in [5.74, 6) is 2.70. The molecular weight excluding hydrogens is 272 g/mol. The van der Waals surface area contributed by atoms with Gasteiger partial charge in [-0.15, -0.1) is 6.42 Å². The lowest BCUT2D eigenvalue weighted by molar-refractivity contribution is 0.168. The number of carbonyl (C=O) groups is 2. The molecule has 0 fully saturated rings. The van der Waals surface area contributed by atoms with E-state index in [9.17, 15) is 9.59 Å². The van der Waals surface area contributed by atoms with Crippen LogP contribution in [0.4, 0.5) is 15.3 Å². The molecule has 0 saturated carbocycles. The molecule has 112 valence electrons. The van der Waals surface area contributed by atoms with Gasteiger partial charge in [0.2, 0.25) is 0 Å². The fraction of sp³-hybridized carbons (Fsp3) is 0.333. The molecule has 0 heterocycles. The lowest BCUT2D eigenvalue weighted by atomic mass is 10.1. The zero-order valence-electron chi connectivity index (χ0n) is 12.2. The van der Waals surface area contributed by atoms with Crippen molar-refractivity contribution in [3.63, 3.8) is 0 Å².